The van der Waals surface area contributed by atoms with Crippen molar-refractivity contribution in [2.75, 3.05) is 13.6 Å². The summed E-state index contributed by atoms with van der Waals surface area (Å²) < 4.78 is 0. The van der Waals surface area contributed by atoms with Crippen molar-refractivity contribution in [1.82, 2.24) is 10.6 Å². The third-order valence-corrected chi connectivity index (χ3v) is 3.17. The van der Waals surface area contributed by atoms with E-state index in [-0.39, 0.29) is 23.7 Å². The van der Waals surface area contributed by atoms with Gasteiger partial charge in [0, 0.05) is 25.4 Å². The van der Waals surface area contributed by atoms with Gasteiger partial charge in [0.15, 0.2) is 0 Å². The number of hydrogen-bond donors (Lipinski definition) is 2. The van der Waals surface area contributed by atoms with E-state index in [9.17, 15) is 9.59 Å². The second kappa shape index (κ2) is 8.09. The van der Waals surface area contributed by atoms with Gasteiger partial charge in [0.1, 0.15) is 0 Å². The van der Waals surface area contributed by atoms with Crippen LogP contribution in [0.5, 0.6) is 0 Å². The van der Waals surface area contributed by atoms with Crippen LogP contribution < -0.4 is 10.6 Å². The molecule has 0 aliphatic carbocycles. The lowest BCUT2D eigenvalue weighted by atomic mass is 9.96. The lowest BCUT2D eigenvalue weighted by molar-refractivity contribution is -0.127. The van der Waals surface area contributed by atoms with E-state index in [1.54, 1.807) is 7.05 Å². The van der Waals surface area contributed by atoms with E-state index in [4.69, 9.17) is 0 Å². The molecule has 0 bridgehead atoms. The van der Waals surface area contributed by atoms with E-state index in [1.165, 1.54) is 0 Å². The van der Waals surface area contributed by atoms with Gasteiger partial charge in [0.05, 0.1) is 0 Å². The van der Waals surface area contributed by atoms with E-state index in [0.29, 0.717) is 18.9 Å². The highest BCUT2D eigenvalue weighted by Gasteiger charge is 2.20. The first-order valence-electron chi connectivity index (χ1n) is 6.41. The lowest BCUT2D eigenvalue weighted by Gasteiger charge is -2.17. The molecule has 2 N–H and O–H groups in total. The van der Waals surface area contributed by atoms with Gasteiger partial charge in [-0.05, 0) is 12.3 Å². The second-order valence-electron chi connectivity index (χ2n) is 4.91. The first-order valence-corrected chi connectivity index (χ1v) is 6.41. The van der Waals surface area contributed by atoms with Crippen LogP contribution in [-0.4, -0.2) is 25.4 Å². The van der Waals surface area contributed by atoms with Gasteiger partial charge < -0.3 is 10.6 Å². The third-order valence-electron chi connectivity index (χ3n) is 3.17. The summed E-state index contributed by atoms with van der Waals surface area (Å²) in [5.41, 5.74) is 0. The number of hydrogen-bond acceptors (Lipinski definition) is 2. The van der Waals surface area contributed by atoms with E-state index >= 15 is 0 Å². The van der Waals surface area contributed by atoms with Crippen LogP contribution >= 0.6 is 0 Å². The topological polar surface area (TPSA) is 58.2 Å². The van der Waals surface area contributed by atoms with Crippen molar-refractivity contribution in [2.45, 2.75) is 40.5 Å². The molecule has 0 aromatic carbocycles. The smallest absolute Gasteiger partial charge is 0.222 e. The fraction of sp³-hybridized carbons (Fsp3) is 0.846. The molecule has 0 fully saturated rings. The maximum absolute atomic E-state index is 11.8. The molecule has 17 heavy (non-hydrogen) atoms. The Bertz CT molecular complexity index is 254. The highest BCUT2D eigenvalue weighted by Crippen LogP contribution is 2.12. The summed E-state index contributed by atoms with van der Waals surface area (Å²) in [7, 11) is 1.62. The molecule has 4 heteroatoms. The Morgan fingerprint density at radius 3 is 2.06 bits per heavy atom. The zero-order valence-electron chi connectivity index (χ0n) is 11.7. The number of carbonyl (C=O) groups is 2. The largest absolute Gasteiger partial charge is 0.359 e. The van der Waals surface area contributed by atoms with E-state index in [0.717, 1.165) is 6.42 Å². The third kappa shape index (κ3) is 6.29. The molecule has 0 saturated heterocycles. The molecule has 100 valence electrons. The molecular weight excluding hydrogens is 216 g/mol. The SMILES string of the molecule is CCC(C)CNC(=O)C(C)CC(C)C(=O)NC. The molecule has 0 heterocycles. The number of amides is 2. The van der Waals surface area contributed by atoms with Crippen molar-refractivity contribution < 1.29 is 9.59 Å². The first-order chi connectivity index (χ1) is 7.92. The van der Waals surface area contributed by atoms with Crippen LogP contribution in [0, 0.1) is 17.8 Å². The monoisotopic (exact) mass is 242 g/mol. The summed E-state index contributed by atoms with van der Waals surface area (Å²) in [6, 6.07) is 0. The molecule has 0 aromatic rings. The van der Waals surface area contributed by atoms with Gasteiger partial charge in [0.2, 0.25) is 11.8 Å². The molecule has 0 aliphatic rings. The first kappa shape index (κ1) is 15.9. The number of rotatable bonds is 7. The quantitative estimate of drug-likeness (QED) is 0.711. The van der Waals surface area contributed by atoms with E-state index < -0.39 is 0 Å². The van der Waals surface area contributed by atoms with Gasteiger partial charge in [-0.15, -0.1) is 0 Å². The Hall–Kier alpha value is -1.06. The molecule has 2 amide bonds. The van der Waals surface area contributed by atoms with Crippen molar-refractivity contribution in [3.8, 4) is 0 Å². The van der Waals surface area contributed by atoms with Crippen LogP contribution in [0.4, 0.5) is 0 Å². The van der Waals surface area contributed by atoms with E-state index in [2.05, 4.69) is 24.5 Å². The van der Waals surface area contributed by atoms with Gasteiger partial charge in [-0.2, -0.15) is 0 Å². The Labute approximate surface area is 105 Å². The predicted octanol–water partition coefficient (Wildman–Crippen LogP) is 1.56. The Balaban J connectivity index is 4.01. The van der Waals surface area contributed by atoms with Gasteiger partial charge >= 0.3 is 0 Å². The molecule has 0 spiro atoms. The molecule has 0 aliphatic heterocycles. The predicted molar refractivity (Wildman–Crippen MR) is 69.5 cm³/mol. The molecule has 0 radical (unpaired) electrons. The summed E-state index contributed by atoms with van der Waals surface area (Å²) in [4.78, 5) is 23.1. The molecular formula is C13H26N2O2. The molecule has 3 atom stereocenters. The molecule has 0 rings (SSSR count). The minimum atomic E-state index is -0.121. The van der Waals surface area contributed by atoms with Crippen LogP contribution in [0.3, 0.4) is 0 Å². The lowest BCUT2D eigenvalue weighted by Crippen LogP contribution is -2.35. The molecule has 3 unspecified atom stereocenters. The van der Waals surface area contributed by atoms with Crippen LogP contribution in [0.1, 0.15) is 40.5 Å². The maximum atomic E-state index is 11.8. The standard InChI is InChI=1S/C13H26N2O2/c1-6-9(2)8-15-13(17)11(4)7-10(3)12(16)14-5/h9-11H,6-8H2,1-5H3,(H,14,16)(H,15,17). The van der Waals surface area contributed by atoms with Gasteiger partial charge in [-0.25, -0.2) is 0 Å². The summed E-state index contributed by atoms with van der Waals surface area (Å²) in [5.74, 6) is 0.297. The fourth-order valence-electron chi connectivity index (χ4n) is 1.58. The highest BCUT2D eigenvalue weighted by atomic mass is 16.2. The van der Waals surface area contributed by atoms with Gasteiger partial charge in [-0.1, -0.05) is 34.1 Å². The fourth-order valence-corrected chi connectivity index (χ4v) is 1.58. The van der Waals surface area contributed by atoms with Crippen LogP contribution in [0.25, 0.3) is 0 Å². The van der Waals surface area contributed by atoms with Crippen LogP contribution in [-0.2, 0) is 9.59 Å². The van der Waals surface area contributed by atoms with Crippen LogP contribution in [0.15, 0.2) is 0 Å². The normalized spacial score (nSPS) is 15.8. The molecule has 0 saturated carbocycles. The van der Waals surface area contributed by atoms with Gasteiger partial charge in [0.25, 0.3) is 0 Å². The molecule has 0 aromatic heterocycles. The maximum Gasteiger partial charge on any atom is 0.222 e. The zero-order valence-corrected chi connectivity index (χ0v) is 11.7. The van der Waals surface area contributed by atoms with Crippen molar-refractivity contribution in [3.63, 3.8) is 0 Å². The van der Waals surface area contributed by atoms with Crippen molar-refractivity contribution in [2.24, 2.45) is 17.8 Å². The minimum absolute atomic E-state index is 0.00780. The average molecular weight is 242 g/mol. The second-order valence-corrected chi connectivity index (χ2v) is 4.91. The Morgan fingerprint density at radius 1 is 1.06 bits per heavy atom. The Kier molecular flexibility index (Phi) is 7.59. The minimum Gasteiger partial charge on any atom is -0.359 e. The van der Waals surface area contributed by atoms with Crippen molar-refractivity contribution >= 4 is 11.8 Å². The summed E-state index contributed by atoms with van der Waals surface area (Å²) in [5, 5.41) is 5.52. The summed E-state index contributed by atoms with van der Waals surface area (Å²) in [6.45, 7) is 8.64. The van der Waals surface area contributed by atoms with Crippen molar-refractivity contribution in [1.29, 1.82) is 0 Å². The van der Waals surface area contributed by atoms with Gasteiger partial charge in [-0.3, -0.25) is 9.59 Å². The van der Waals surface area contributed by atoms with E-state index in [1.807, 2.05) is 13.8 Å². The van der Waals surface area contributed by atoms with Crippen molar-refractivity contribution in [3.05, 3.63) is 0 Å². The van der Waals surface area contributed by atoms with Crippen LogP contribution in [0.2, 0.25) is 0 Å². The zero-order chi connectivity index (χ0) is 13.4. The number of nitrogens with one attached hydrogen (secondary N) is 2. The number of carbonyl (C=O) groups excluding carboxylic acids is 2. The Morgan fingerprint density at radius 2 is 1.59 bits per heavy atom. The summed E-state index contributed by atoms with van der Waals surface area (Å²) in [6.07, 6.45) is 1.65. The highest BCUT2D eigenvalue weighted by molar-refractivity contribution is 5.81. The molecule has 4 nitrogen and oxygen atoms in total. The average Bonchev–Trinajstić information content (AvgIpc) is 2.33. The summed E-state index contributed by atoms with van der Waals surface area (Å²) >= 11 is 0.